The zero-order valence-electron chi connectivity index (χ0n) is 23.7. The van der Waals surface area contributed by atoms with E-state index in [1.54, 1.807) is 25.1 Å². The van der Waals surface area contributed by atoms with Crippen LogP contribution in [0.5, 0.6) is 5.75 Å². The van der Waals surface area contributed by atoms with Gasteiger partial charge in [-0.2, -0.15) is 0 Å². The maximum absolute atomic E-state index is 13.2. The van der Waals surface area contributed by atoms with E-state index in [4.69, 9.17) is 16.3 Å². The maximum Gasteiger partial charge on any atom is 0.264 e. The summed E-state index contributed by atoms with van der Waals surface area (Å²) in [6, 6.07) is 11.4. The number of fused-ring (bicyclic) bond motifs is 4. The second-order valence-electron chi connectivity index (χ2n) is 12.8. The van der Waals surface area contributed by atoms with Gasteiger partial charge in [-0.05, 0) is 99.2 Å². The molecule has 4 aliphatic rings. The van der Waals surface area contributed by atoms with E-state index in [1.165, 1.54) is 11.1 Å². The summed E-state index contributed by atoms with van der Waals surface area (Å²) in [7, 11) is -3.87. The monoisotopic (exact) mass is 598 g/mol. The molecule has 5 atom stereocenters. The van der Waals surface area contributed by atoms with Crippen LogP contribution in [0.25, 0.3) is 0 Å². The van der Waals surface area contributed by atoms with E-state index in [0.717, 1.165) is 42.8 Å². The molecule has 2 aliphatic carbocycles. The lowest BCUT2D eigenvalue weighted by Crippen LogP contribution is -2.53. The molecule has 2 heterocycles. The highest BCUT2D eigenvalue weighted by molar-refractivity contribution is 7.90. The van der Waals surface area contributed by atoms with Gasteiger partial charge in [0.25, 0.3) is 5.91 Å². The van der Waals surface area contributed by atoms with E-state index in [2.05, 4.69) is 28.7 Å². The zero-order valence-corrected chi connectivity index (χ0v) is 25.3. The van der Waals surface area contributed by atoms with Crippen LogP contribution in [0, 0.1) is 11.3 Å². The Bertz CT molecular complexity index is 1490. The lowest BCUT2D eigenvalue weighted by molar-refractivity contribution is -0.0469. The molecule has 1 saturated carbocycles. The molecule has 6 rings (SSSR count). The van der Waals surface area contributed by atoms with E-state index < -0.39 is 27.3 Å². The van der Waals surface area contributed by atoms with E-state index in [0.29, 0.717) is 38.3 Å². The summed E-state index contributed by atoms with van der Waals surface area (Å²) in [5.41, 5.74) is 3.01. The molecule has 0 unspecified atom stereocenters. The highest BCUT2D eigenvalue weighted by Gasteiger charge is 2.49. The van der Waals surface area contributed by atoms with E-state index in [-0.39, 0.29) is 22.3 Å². The van der Waals surface area contributed by atoms with Gasteiger partial charge in [-0.3, -0.25) is 4.79 Å². The molecule has 1 spiro atoms. The number of allylic oxidation sites excluding steroid dienone is 1. The molecular weight excluding hydrogens is 560 g/mol. The Morgan fingerprint density at radius 2 is 1.98 bits per heavy atom. The van der Waals surface area contributed by atoms with Crippen LogP contribution < -0.4 is 14.4 Å². The average molecular weight is 599 g/mol. The Labute approximate surface area is 248 Å². The first-order valence-corrected chi connectivity index (χ1v) is 16.6. The number of nitrogens with zero attached hydrogens (tertiary/aromatic N) is 1. The van der Waals surface area contributed by atoms with Crippen LogP contribution in [-0.2, 0) is 21.9 Å². The Kier molecular flexibility index (Phi) is 7.40. The number of nitrogens with one attached hydrogen (secondary N) is 1. The molecule has 0 aromatic heterocycles. The second kappa shape index (κ2) is 10.6. The fourth-order valence-electron chi connectivity index (χ4n) is 7.23. The summed E-state index contributed by atoms with van der Waals surface area (Å²) < 4.78 is 34.7. The standard InChI is InChI=1S/C32H39ClN2O5S/c1-21-6-3-4-8-29(36)31(2)15-13-24(31)18-35-19-32(14-5-7-22-16-25(33)10-11-26(22)32)20-40-28-12-9-23(17-27(28)35)30(37)34-41(21,38)39/h4,8-12,16-17,21,24,29,36H,3,5-7,13-15,18-20H2,1-2H3,(H,34,37)/b8-4-/t21-,24+,29+,31-,32+/m1/s1. The first kappa shape index (κ1) is 28.6. The summed E-state index contributed by atoms with van der Waals surface area (Å²) in [5, 5.41) is 11.3. The first-order valence-electron chi connectivity index (χ1n) is 14.7. The number of aliphatic hydroxyl groups is 1. The normalized spacial score (nSPS) is 33.8. The largest absolute Gasteiger partial charge is 0.490 e. The number of amides is 1. The fourth-order valence-corrected chi connectivity index (χ4v) is 8.45. The van der Waals surface area contributed by atoms with Gasteiger partial charge in [0.2, 0.25) is 10.0 Å². The Balaban J connectivity index is 1.44. The minimum atomic E-state index is -3.87. The number of hydrogen-bond acceptors (Lipinski definition) is 6. The lowest BCUT2D eigenvalue weighted by atomic mass is 9.58. The highest BCUT2D eigenvalue weighted by Crippen LogP contribution is 2.52. The highest BCUT2D eigenvalue weighted by atomic mass is 35.5. The molecule has 7 nitrogen and oxygen atoms in total. The predicted octanol–water partition coefficient (Wildman–Crippen LogP) is 5.39. The molecule has 2 aromatic carbocycles. The third-order valence-corrected chi connectivity index (χ3v) is 12.2. The van der Waals surface area contributed by atoms with Crippen LogP contribution in [0.15, 0.2) is 48.6 Å². The van der Waals surface area contributed by atoms with Gasteiger partial charge in [0.05, 0.1) is 23.6 Å². The zero-order chi connectivity index (χ0) is 29.0. The van der Waals surface area contributed by atoms with Crippen molar-refractivity contribution in [1.82, 2.24) is 4.72 Å². The van der Waals surface area contributed by atoms with Crippen molar-refractivity contribution in [2.45, 2.75) is 75.6 Å². The Morgan fingerprint density at radius 3 is 2.76 bits per heavy atom. The molecule has 9 heteroatoms. The summed E-state index contributed by atoms with van der Waals surface area (Å²) in [6.45, 7) is 5.64. The number of sulfonamides is 1. The van der Waals surface area contributed by atoms with E-state index in [1.807, 2.05) is 18.2 Å². The Morgan fingerprint density at radius 1 is 1.15 bits per heavy atom. The van der Waals surface area contributed by atoms with Gasteiger partial charge in [0, 0.05) is 34.5 Å². The SMILES string of the molecule is C[C@@H]1CC/C=C\[C@H](O)[C@]2(C)CC[C@H]2CN2C[C@@]3(CCCc4cc(Cl)ccc43)COc3ccc(cc32)C(=O)NS1(=O)=O. The lowest BCUT2D eigenvalue weighted by Gasteiger charge is -2.52. The quantitative estimate of drug-likeness (QED) is 0.395. The molecule has 220 valence electrons. The molecule has 0 saturated heterocycles. The van der Waals surface area contributed by atoms with Gasteiger partial charge in [-0.25, -0.2) is 13.1 Å². The topological polar surface area (TPSA) is 95.9 Å². The molecule has 1 fully saturated rings. The van der Waals surface area contributed by atoms with Crippen molar-refractivity contribution in [3.63, 3.8) is 0 Å². The van der Waals surface area contributed by atoms with Crippen LogP contribution in [0.2, 0.25) is 5.02 Å². The molecular formula is C32H39ClN2O5S. The van der Waals surface area contributed by atoms with Gasteiger partial charge in [-0.15, -0.1) is 0 Å². The van der Waals surface area contributed by atoms with Crippen molar-refractivity contribution in [2.24, 2.45) is 11.3 Å². The number of ether oxygens (including phenoxy) is 1. The van der Waals surface area contributed by atoms with Crippen molar-refractivity contribution in [2.75, 3.05) is 24.6 Å². The van der Waals surface area contributed by atoms with Crippen molar-refractivity contribution < 1.29 is 23.1 Å². The number of aryl methyl sites for hydroxylation is 1. The molecule has 1 amide bonds. The number of benzene rings is 2. The third kappa shape index (κ3) is 5.17. The Hall–Kier alpha value is -2.55. The van der Waals surface area contributed by atoms with Crippen molar-refractivity contribution in [1.29, 1.82) is 0 Å². The average Bonchev–Trinajstić information content (AvgIpc) is 3.08. The van der Waals surface area contributed by atoms with Crippen LogP contribution in [0.1, 0.15) is 73.9 Å². The minimum absolute atomic E-state index is 0.239. The van der Waals surface area contributed by atoms with Crippen LogP contribution in [0.4, 0.5) is 5.69 Å². The van der Waals surface area contributed by atoms with Crippen molar-refractivity contribution in [3.8, 4) is 5.75 Å². The molecule has 41 heavy (non-hydrogen) atoms. The smallest absolute Gasteiger partial charge is 0.264 e. The van der Waals surface area contributed by atoms with Gasteiger partial charge in [-0.1, -0.05) is 36.7 Å². The first-order chi connectivity index (χ1) is 19.5. The van der Waals surface area contributed by atoms with Crippen LogP contribution in [0.3, 0.4) is 0 Å². The van der Waals surface area contributed by atoms with Crippen LogP contribution >= 0.6 is 11.6 Å². The summed E-state index contributed by atoms with van der Waals surface area (Å²) in [5.74, 6) is 0.282. The number of aliphatic hydroxyl groups excluding tert-OH is 1. The molecule has 2 aliphatic heterocycles. The van der Waals surface area contributed by atoms with Gasteiger partial charge in [0.1, 0.15) is 5.75 Å². The van der Waals surface area contributed by atoms with E-state index in [9.17, 15) is 18.3 Å². The summed E-state index contributed by atoms with van der Waals surface area (Å²) >= 11 is 6.38. The van der Waals surface area contributed by atoms with Gasteiger partial charge >= 0.3 is 0 Å². The number of halogens is 1. The number of hydrogen-bond donors (Lipinski definition) is 2. The molecule has 2 aromatic rings. The molecule has 2 bridgehead atoms. The number of carbonyl (C=O) groups excluding carboxylic acids is 1. The number of anilines is 1. The molecule has 0 radical (unpaired) electrons. The van der Waals surface area contributed by atoms with E-state index >= 15 is 0 Å². The predicted molar refractivity (Wildman–Crippen MR) is 161 cm³/mol. The van der Waals surface area contributed by atoms with Crippen molar-refractivity contribution >= 4 is 33.2 Å². The van der Waals surface area contributed by atoms with Gasteiger partial charge < -0.3 is 14.7 Å². The summed E-state index contributed by atoms with van der Waals surface area (Å²) in [6.07, 6.45) is 8.82. The summed E-state index contributed by atoms with van der Waals surface area (Å²) in [4.78, 5) is 15.6. The van der Waals surface area contributed by atoms with Crippen molar-refractivity contribution in [3.05, 3.63) is 70.3 Å². The number of rotatable bonds is 0. The minimum Gasteiger partial charge on any atom is -0.490 e. The number of carbonyl (C=O) groups is 1. The maximum atomic E-state index is 13.2. The molecule has 2 N–H and O–H groups in total. The van der Waals surface area contributed by atoms with Gasteiger partial charge in [0.15, 0.2) is 0 Å². The second-order valence-corrected chi connectivity index (χ2v) is 15.3. The third-order valence-electron chi connectivity index (χ3n) is 10.2. The fraction of sp³-hybridized carbons (Fsp3) is 0.531. The van der Waals surface area contributed by atoms with Crippen LogP contribution in [-0.4, -0.2) is 50.5 Å².